The van der Waals surface area contributed by atoms with Gasteiger partial charge in [0, 0.05) is 24.0 Å². The normalized spacial score (nSPS) is 22.3. The lowest BCUT2D eigenvalue weighted by Gasteiger charge is -2.41. The average molecular weight is 596 g/mol. The molecule has 2 amide bonds. The maximum atomic E-state index is 14.9. The molecule has 1 saturated heterocycles. The molecule has 2 fully saturated rings. The molecule has 1 heterocycles. The van der Waals surface area contributed by atoms with Crippen LogP contribution in [0.15, 0.2) is 60.7 Å². The number of nitrogens with zero attached hydrogens (tertiary/aromatic N) is 1. The summed E-state index contributed by atoms with van der Waals surface area (Å²) in [6.45, 7) is 5.57. The highest BCUT2D eigenvalue weighted by Gasteiger charge is 2.41. The van der Waals surface area contributed by atoms with E-state index in [4.69, 9.17) is 0 Å². The molecule has 9 heteroatoms. The second kappa shape index (κ2) is 12.4. The third-order valence-corrected chi connectivity index (χ3v) is 8.94. The number of likely N-dealkylation sites (tertiary alicyclic amines) is 1. The van der Waals surface area contributed by atoms with Crippen molar-refractivity contribution in [2.45, 2.75) is 71.1 Å². The second-order valence-corrected chi connectivity index (χ2v) is 11.9. The van der Waals surface area contributed by atoms with Crippen molar-refractivity contribution in [1.29, 1.82) is 0 Å². The van der Waals surface area contributed by atoms with Gasteiger partial charge >= 0.3 is 6.18 Å². The van der Waals surface area contributed by atoms with Crippen molar-refractivity contribution >= 4 is 23.2 Å². The van der Waals surface area contributed by atoms with Gasteiger partial charge in [-0.3, -0.25) is 9.59 Å². The highest BCUT2D eigenvalue weighted by atomic mass is 19.4. The largest absolute Gasteiger partial charge is 0.416 e. The molecule has 2 aliphatic rings. The third kappa shape index (κ3) is 6.55. The molecule has 1 aliphatic heterocycles. The van der Waals surface area contributed by atoms with Crippen molar-refractivity contribution in [2.75, 3.05) is 17.2 Å². The number of hydrogen-bond donors (Lipinski definition) is 2. The van der Waals surface area contributed by atoms with E-state index in [9.17, 15) is 27.2 Å². The van der Waals surface area contributed by atoms with Crippen molar-refractivity contribution < 1.29 is 27.2 Å². The average Bonchev–Trinajstić information content (AvgIpc) is 3.37. The van der Waals surface area contributed by atoms with Gasteiger partial charge < -0.3 is 15.5 Å². The second-order valence-electron chi connectivity index (χ2n) is 11.9. The number of amides is 2. The van der Waals surface area contributed by atoms with Gasteiger partial charge in [0.25, 0.3) is 5.91 Å². The minimum Gasteiger partial charge on any atom is -0.382 e. The number of anilines is 2. The zero-order valence-corrected chi connectivity index (χ0v) is 24.6. The first-order valence-corrected chi connectivity index (χ1v) is 14.9. The van der Waals surface area contributed by atoms with E-state index in [0.717, 1.165) is 18.2 Å². The molecule has 2 N–H and O–H groups in total. The molecule has 0 aromatic heterocycles. The Hall–Kier alpha value is -3.88. The van der Waals surface area contributed by atoms with E-state index in [1.807, 2.05) is 24.3 Å². The first-order chi connectivity index (χ1) is 20.4. The van der Waals surface area contributed by atoms with Gasteiger partial charge in [-0.05, 0) is 92.5 Å². The maximum Gasteiger partial charge on any atom is 0.416 e. The summed E-state index contributed by atoms with van der Waals surface area (Å²) in [5.41, 5.74) is 1.33. The van der Waals surface area contributed by atoms with E-state index in [2.05, 4.69) is 17.6 Å². The number of carbonyl (C=O) groups is 2. The SMILES string of the molecule is Cc1ccc(NC(=O)C2CCCN(C(=O)c3c(C)cccc3F)C2c2ccc(NC3CCCC3C)cc2)cc1C(F)(F)F. The van der Waals surface area contributed by atoms with Crippen LogP contribution in [0.2, 0.25) is 0 Å². The third-order valence-electron chi connectivity index (χ3n) is 8.94. The topological polar surface area (TPSA) is 61.4 Å². The number of halogens is 4. The number of hydrogen-bond acceptors (Lipinski definition) is 3. The van der Waals surface area contributed by atoms with Crippen LogP contribution in [-0.4, -0.2) is 29.3 Å². The lowest BCUT2D eigenvalue weighted by Crippen LogP contribution is -2.46. The Labute approximate surface area is 249 Å². The molecule has 0 bridgehead atoms. The van der Waals surface area contributed by atoms with Gasteiger partial charge in [0.05, 0.1) is 23.1 Å². The maximum absolute atomic E-state index is 14.9. The van der Waals surface area contributed by atoms with Gasteiger partial charge in [-0.1, -0.05) is 43.7 Å². The lowest BCUT2D eigenvalue weighted by molar-refractivity contribution is -0.138. The van der Waals surface area contributed by atoms with Crippen LogP contribution in [0, 0.1) is 31.5 Å². The lowest BCUT2D eigenvalue weighted by atomic mass is 9.83. The van der Waals surface area contributed by atoms with Crippen LogP contribution in [0.4, 0.5) is 28.9 Å². The predicted molar refractivity (Wildman–Crippen MR) is 159 cm³/mol. The van der Waals surface area contributed by atoms with E-state index >= 15 is 0 Å². The Bertz CT molecular complexity index is 1470. The Morgan fingerprint density at radius 3 is 2.26 bits per heavy atom. The van der Waals surface area contributed by atoms with Crippen molar-refractivity contribution in [3.05, 3.63) is 94.3 Å². The summed E-state index contributed by atoms with van der Waals surface area (Å²) in [7, 11) is 0. The Kier molecular flexibility index (Phi) is 8.81. The number of rotatable bonds is 6. The van der Waals surface area contributed by atoms with Crippen LogP contribution in [0.25, 0.3) is 0 Å². The summed E-state index contributed by atoms with van der Waals surface area (Å²) in [5, 5.41) is 6.26. The van der Waals surface area contributed by atoms with Gasteiger partial charge in [0.15, 0.2) is 0 Å². The van der Waals surface area contributed by atoms with Crippen LogP contribution in [0.5, 0.6) is 0 Å². The smallest absolute Gasteiger partial charge is 0.382 e. The van der Waals surface area contributed by atoms with Gasteiger partial charge in [-0.2, -0.15) is 13.2 Å². The van der Waals surface area contributed by atoms with Crippen molar-refractivity contribution in [3.63, 3.8) is 0 Å². The molecule has 0 radical (unpaired) electrons. The first-order valence-electron chi connectivity index (χ1n) is 14.9. The minimum absolute atomic E-state index is 0.0281. The number of nitrogens with one attached hydrogen (secondary N) is 2. The molecule has 43 heavy (non-hydrogen) atoms. The number of piperidine rings is 1. The van der Waals surface area contributed by atoms with Crippen molar-refractivity contribution in [1.82, 2.24) is 4.90 Å². The standard InChI is InChI=1S/C34H37F4N3O2/c1-20-12-15-25(19-27(20)34(36,37)38)40-32(42)26-9-6-18-41(33(43)30-22(3)8-4-10-28(30)35)31(26)23-13-16-24(17-14-23)39-29-11-5-7-21(29)2/h4,8,10,12-17,19,21,26,29,31,39H,5-7,9,11,18H2,1-3H3,(H,40,42). The van der Waals surface area contributed by atoms with Crippen molar-refractivity contribution in [2.24, 2.45) is 11.8 Å². The first kappa shape index (κ1) is 30.6. The molecule has 228 valence electrons. The quantitative estimate of drug-likeness (QED) is 0.282. The van der Waals surface area contributed by atoms with E-state index in [-0.39, 0.29) is 16.8 Å². The van der Waals surface area contributed by atoms with E-state index < -0.39 is 41.3 Å². The van der Waals surface area contributed by atoms with Crippen LogP contribution in [0.1, 0.15) is 77.7 Å². The molecular formula is C34H37F4N3O2. The van der Waals surface area contributed by atoms with Gasteiger partial charge in [0.1, 0.15) is 5.82 Å². The summed E-state index contributed by atoms with van der Waals surface area (Å²) in [6, 6.07) is 15.4. The molecule has 0 spiro atoms. The number of carbonyl (C=O) groups excluding carboxylic acids is 2. The van der Waals surface area contributed by atoms with Gasteiger partial charge in [-0.15, -0.1) is 0 Å². The Balaban J connectivity index is 1.48. The van der Waals surface area contributed by atoms with Crippen molar-refractivity contribution in [3.8, 4) is 0 Å². The summed E-state index contributed by atoms with van der Waals surface area (Å²) in [6.07, 6.45) is -0.235. The highest BCUT2D eigenvalue weighted by molar-refractivity contribution is 5.98. The molecular weight excluding hydrogens is 558 g/mol. The number of alkyl halides is 3. The fraction of sp³-hybridized carbons (Fsp3) is 0.412. The summed E-state index contributed by atoms with van der Waals surface area (Å²) >= 11 is 0. The monoisotopic (exact) mass is 595 g/mol. The van der Waals surface area contributed by atoms with E-state index in [1.165, 1.54) is 42.9 Å². The molecule has 3 aromatic rings. The number of aryl methyl sites for hydroxylation is 2. The van der Waals surface area contributed by atoms with E-state index in [1.54, 1.807) is 19.1 Å². The highest BCUT2D eigenvalue weighted by Crippen LogP contribution is 2.40. The molecule has 1 aliphatic carbocycles. The minimum atomic E-state index is -4.56. The number of benzene rings is 3. The molecule has 5 rings (SSSR count). The molecule has 1 saturated carbocycles. The Morgan fingerprint density at radius 1 is 0.884 bits per heavy atom. The molecule has 4 unspecified atom stereocenters. The predicted octanol–water partition coefficient (Wildman–Crippen LogP) is 8.29. The van der Waals surface area contributed by atoms with Crippen LogP contribution < -0.4 is 10.6 Å². The zero-order chi connectivity index (χ0) is 30.9. The fourth-order valence-electron chi connectivity index (χ4n) is 6.55. The van der Waals surface area contributed by atoms with Crippen LogP contribution in [0.3, 0.4) is 0 Å². The Morgan fingerprint density at radius 2 is 1.60 bits per heavy atom. The zero-order valence-electron chi connectivity index (χ0n) is 24.6. The van der Waals surface area contributed by atoms with Gasteiger partial charge in [0.2, 0.25) is 5.91 Å². The molecule has 5 nitrogen and oxygen atoms in total. The van der Waals surface area contributed by atoms with E-state index in [0.29, 0.717) is 42.5 Å². The summed E-state index contributed by atoms with van der Waals surface area (Å²) in [5.74, 6) is -1.86. The summed E-state index contributed by atoms with van der Waals surface area (Å²) in [4.78, 5) is 29.2. The van der Waals surface area contributed by atoms with Crippen LogP contribution in [-0.2, 0) is 11.0 Å². The molecule has 3 aromatic carbocycles. The summed E-state index contributed by atoms with van der Waals surface area (Å²) < 4.78 is 55.6. The van der Waals surface area contributed by atoms with Gasteiger partial charge in [-0.25, -0.2) is 4.39 Å². The fourth-order valence-corrected chi connectivity index (χ4v) is 6.55. The van der Waals surface area contributed by atoms with Crippen LogP contribution >= 0.6 is 0 Å². The molecule has 4 atom stereocenters.